The number of hydrogen-bond acceptors (Lipinski definition) is 4. The Labute approximate surface area is 74.3 Å². The van der Waals surface area contributed by atoms with Gasteiger partial charge in [-0.2, -0.15) is 0 Å². The summed E-state index contributed by atoms with van der Waals surface area (Å²) in [5.74, 6) is -0.352. The molecule has 0 aliphatic rings. The molecule has 13 heavy (non-hydrogen) atoms. The van der Waals surface area contributed by atoms with Crippen LogP contribution < -0.4 is 4.74 Å². The van der Waals surface area contributed by atoms with Crippen LogP contribution in [0.15, 0.2) is 18.3 Å². The molecule has 0 fully saturated rings. The van der Waals surface area contributed by atoms with E-state index in [2.05, 4.69) is 14.5 Å². The van der Waals surface area contributed by atoms with Crippen LogP contribution in [-0.2, 0) is 4.74 Å². The smallest absolute Gasteiger partial charge is 0.339 e. The summed E-state index contributed by atoms with van der Waals surface area (Å²) in [5.41, 5.74) is 0.300. The van der Waals surface area contributed by atoms with Crippen LogP contribution in [0.4, 0.5) is 4.39 Å². The predicted octanol–water partition coefficient (Wildman–Crippen LogP) is 1.17. The van der Waals surface area contributed by atoms with Crippen LogP contribution in [0.1, 0.15) is 10.4 Å². The number of esters is 1. The maximum Gasteiger partial charge on any atom is 0.339 e. The molecular weight excluding hydrogens is 177 g/mol. The van der Waals surface area contributed by atoms with Crippen LogP contribution in [0.3, 0.4) is 0 Å². The van der Waals surface area contributed by atoms with Gasteiger partial charge in [-0.15, -0.1) is 0 Å². The van der Waals surface area contributed by atoms with E-state index in [1.165, 1.54) is 25.4 Å². The number of rotatable bonds is 3. The molecule has 0 radical (unpaired) electrons. The lowest BCUT2D eigenvalue weighted by Crippen LogP contribution is -2.02. The highest BCUT2D eigenvalue weighted by molar-refractivity contribution is 5.88. The molecule has 5 heteroatoms. The van der Waals surface area contributed by atoms with Crippen molar-refractivity contribution in [2.45, 2.75) is 0 Å². The topological polar surface area (TPSA) is 48.4 Å². The van der Waals surface area contributed by atoms with Gasteiger partial charge in [0.05, 0.1) is 12.7 Å². The number of alkyl halides is 1. The van der Waals surface area contributed by atoms with Crippen LogP contribution in [0.25, 0.3) is 0 Å². The molecule has 1 heterocycles. The number of nitrogens with zero attached hydrogens (tertiary/aromatic N) is 1. The second kappa shape index (κ2) is 4.39. The molecule has 0 bridgehead atoms. The van der Waals surface area contributed by atoms with Crippen molar-refractivity contribution < 1.29 is 18.7 Å². The Hall–Kier alpha value is -1.65. The van der Waals surface area contributed by atoms with Crippen molar-refractivity contribution in [3.05, 3.63) is 23.9 Å². The van der Waals surface area contributed by atoms with E-state index in [0.29, 0.717) is 5.56 Å². The van der Waals surface area contributed by atoms with Crippen LogP contribution in [0.2, 0.25) is 0 Å². The van der Waals surface area contributed by atoms with E-state index in [9.17, 15) is 9.18 Å². The third-order valence-electron chi connectivity index (χ3n) is 1.36. The summed E-state index contributed by atoms with van der Waals surface area (Å²) in [6, 6.07) is 2.84. The Balaban J connectivity index is 2.75. The Morgan fingerprint density at radius 2 is 2.38 bits per heavy atom. The molecule has 0 aromatic carbocycles. The first-order valence-corrected chi connectivity index (χ1v) is 3.51. The number of carbonyl (C=O) groups is 1. The summed E-state index contributed by atoms with van der Waals surface area (Å²) < 4.78 is 20.5. The molecule has 70 valence electrons. The van der Waals surface area contributed by atoms with E-state index in [1.807, 2.05) is 0 Å². The van der Waals surface area contributed by atoms with Gasteiger partial charge in [0, 0.05) is 12.3 Å². The van der Waals surface area contributed by atoms with Crippen molar-refractivity contribution >= 4 is 5.97 Å². The predicted molar refractivity (Wildman–Crippen MR) is 42.2 cm³/mol. The number of methoxy groups -OCH3 is 1. The summed E-state index contributed by atoms with van der Waals surface area (Å²) in [6.07, 6.45) is 1.26. The zero-order chi connectivity index (χ0) is 9.68. The number of carbonyl (C=O) groups excluding carboxylic acids is 1. The summed E-state index contributed by atoms with van der Waals surface area (Å²) >= 11 is 0. The van der Waals surface area contributed by atoms with Gasteiger partial charge in [0.25, 0.3) is 0 Å². The van der Waals surface area contributed by atoms with Gasteiger partial charge in [-0.05, 0) is 6.07 Å². The highest BCUT2D eigenvalue weighted by Gasteiger charge is 2.05. The Kier molecular flexibility index (Phi) is 3.19. The van der Waals surface area contributed by atoms with Crippen molar-refractivity contribution in [2.24, 2.45) is 0 Å². The third kappa shape index (κ3) is 2.40. The van der Waals surface area contributed by atoms with Crippen LogP contribution in [0, 0.1) is 0 Å². The highest BCUT2D eigenvalue weighted by Crippen LogP contribution is 2.08. The number of halogens is 1. The fourth-order valence-corrected chi connectivity index (χ4v) is 0.760. The first kappa shape index (κ1) is 9.44. The van der Waals surface area contributed by atoms with Gasteiger partial charge in [0.2, 0.25) is 12.7 Å². The quantitative estimate of drug-likeness (QED) is 0.663. The minimum absolute atomic E-state index is 0.134. The van der Waals surface area contributed by atoms with Gasteiger partial charge in [0.15, 0.2) is 0 Å². The van der Waals surface area contributed by atoms with E-state index in [-0.39, 0.29) is 5.88 Å². The highest BCUT2D eigenvalue weighted by atomic mass is 19.1. The van der Waals surface area contributed by atoms with Gasteiger partial charge in [-0.25, -0.2) is 14.2 Å². The normalized spacial score (nSPS) is 9.38. The second-order valence-corrected chi connectivity index (χ2v) is 2.13. The largest absolute Gasteiger partial charge is 0.465 e. The molecule has 0 atom stereocenters. The van der Waals surface area contributed by atoms with E-state index in [1.54, 1.807) is 0 Å². The first-order valence-electron chi connectivity index (χ1n) is 3.51. The molecule has 0 saturated heterocycles. The number of ether oxygens (including phenoxy) is 2. The molecule has 0 spiro atoms. The van der Waals surface area contributed by atoms with Crippen molar-refractivity contribution in [1.29, 1.82) is 0 Å². The van der Waals surface area contributed by atoms with Crippen molar-refractivity contribution in [3.63, 3.8) is 0 Å². The van der Waals surface area contributed by atoms with E-state index in [0.717, 1.165) is 0 Å². The SMILES string of the molecule is COC(=O)c1ccc(OCF)nc1. The number of hydrogen-bond donors (Lipinski definition) is 0. The monoisotopic (exact) mass is 185 g/mol. The van der Waals surface area contributed by atoms with Crippen molar-refractivity contribution in [1.82, 2.24) is 4.98 Å². The standard InChI is InChI=1S/C8H8FNO3/c1-12-8(11)6-2-3-7(10-4-6)13-5-9/h2-4H,5H2,1H3. The lowest BCUT2D eigenvalue weighted by molar-refractivity contribution is 0.0600. The van der Waals surface area contributed by atoms with Gasteiger partial charge >= 0.3 is 5.97 Å². The van der Waals surface area contributed by atoms with E-state index < -0.39 is 12.8 Å². The number of aromatic nitrogens is 1. The summed E-state index contributed by atoms with van der Waals surface area (Å²) in [5, 5.41) is 0. The number of pyridine rings is 1. The minimum Gasteiger partial charge on any atom is -0.465 e. The maximum atomic E-state index is 11.7. The van der Waals surface area contributed by atoms with Gasteiger partial charge in [-0.1, -0.05) is 0 Å². The molecule has 1 aromatic heterocycles. The Morgan fingerprint density at radius 1 is 1.62 bits per heavy atom. The van der Waals surface area contributed by atoms with Crippen LogP contribution in [-0.4, -0.2) is 24.9 Å². The van der Waals surface area contributed by atoms with Crippen molar-refractivity contribution in [2.75, 3.05) is 14.0 Å². The molecular formula is C8H8FNO3. The van der Waals surface area contributed by atoms with Crippen molar-refractivity contribution in [3.8, 4) is 5.88 Å². The maximum absolute atomic E-state index is 11.7. The minimum atomic E-state index is -0.940. The first-order chi connectivity index (χ1) is 6.27. The van der Waals surface area contributed by atoms with Gasteiger partial charge in [0.1, 0.15) is 0 Å². The van der Waals surface area contributed by atoms with E-state index >= 15 is 0 Å². The summed E-state index contributed by atoms with van der Waals surface area (Å²) in [7, 11) is 1.27. The average molecular weight is 185 g/mol. The van der Waals surface area contributed by atoms with E-state index in [4.69, 9.17) is 0 Å². The zero-order valence-corrected chi connectivity index (χ0v) is 6.99. The van der Waals surface area contributed by atoms with Crippen LogP contribution >= 0.6 is 0 Å². The molecule has 1 aromatic rings. The molecule has 0 amide bonds. The molecule has 0 saturated carbocycles. The summed E-state index contributed by atoms with van der Waals surface area (Å²) in [6.45, 7) is -0.940. The molecule has 0 aliphatic heterocycles. The lowest BCUT2D eigenvalue weighted by Gasteiger charge is -2.00. The molecule has 1 rings (SSSR count). The average Bonchev–Trinajstić information content (AvgIpc) is 2.18. The Morgan fingerprint density at radius 3 is 2.85 bits per heavy atom. The molecule has 0 aliphatic carbocycles. The van der Waals surface area contributed by atoms with Gasteiger partial charge in [-0.3, -0.25) is 0 Å². The fourth-order valence-electron chi connectivity index (χ4n) is 0.760. The van der Waals surface area contributed by atoms with Crippen LogP contribution in [0.5, 0.6) is 5.88 Å². The molecule has 0 N–H and O–H groups in total. The Bertz CT molecular complexity index is 286. The second-order valence-electron chi connectivity index (χ2n) is 2.13. The third-order valence-corrected chi connectivity index (χ3v) is 1.36. The summed E-state index contributed by atoms with van der Waals surface area (Å²) in [4.78, 5) is 14.6. The fraction of sp³-hybridized carbons (Fsp3) is 0.250. The lowest BCUT2D eigenvalue weighted by atomic mass is 10.3. The van der Waals surface area contributed by atoms with Gasteiger partial charge < -0.3 is 9.47 Å². The molecule has 4 nitrogen and oxygen atoms in total. The zero-order valence-electron chi connectivity index (χ0n) is 6.99. The molecule has 0 unspecified atom stereocenters.